The first kappa shape index (κ1) is 14.9. The van der Waals surface area contributed by atoms with Crippen LogP contribution >= 0.6 is 11.8 Å². The van der Waals surface area contributed by atoms with Crippen molar-refractivity contribution in [1.29, 1.82) is 0 Å². The third-order valence-electron chi connectivity index (χ3n) is 2.89. The summed E-state index contributed by atoms with van der Waals surface area (Å²) < 4.78 is 6.06. The maximum absolute atomic E-state index is 6.06. The van der Waals surface area contributed by atoms with Gasteiger partial charge in [-0.2, -0.15) is 0 Å². The Morgan fingerprint density at radius 2 is 2.05 bits per heavy atom. The molecule has 0 saturated heterocycles. The zero-order valence-electron chi connectivity index (χ0n) is 11.9. The second kappa shape index (κ2) is 7.92. The van der Waals surface area contributed by atoms with Crippen molar-refractivity contribution >= 4 is 11.8 Å². The smallest absolute Gasteiger partial charge is 0.140 e. The molecular formula is C16H20N2OS. The van der Waals surface area contributed by atoms with Gasteiger partial charge in [0.05, 0.1) is 0 Å². The fourth-order valence-corrected chi connectivity index (χ4v) is 2.39. The summed E-state index contributed by atoms with van der Waals surface area (Å²) in [7, 11) is 0. The largest absolute Gasteiger partial charge is 0.456 e. The van der Waals surface area contributed by atoms with Crippen LogP contribution in [0.4, 0.5) is 0 Å². The minimum atomic E-state index is 0.776. The molecule has 0 aliphatic rings. The Morgan fingerprint density at radius 1 is 1.20 bits per heavy atom. The number of nitrogens with zero attached hydrogens (tertiary/aromatic N) is 1. The molecule has 4 heteroatoms. The average Bonchev–Trinajstić information content (AvgIpc) is 2.50. The first-order valence-electron chi connectivity index (χ1n) is 6.79. The van der Waals surface area contributed by atoms with Gasteiger partial charge in [0.25, 0.3) is 0 Å². The second-order valence-electron chi connectivity index (χ2n) is 4.41. The topological polar surface area (TPSA) is 34.2 Å². The number of hydrogen-bond donors (Lipinski definition) is 1. The second-order valence-corrected chi connectivity index (χ2v) is 5.26. The fourth-order valence-electron chi connectivity index (χ4n) is 1.87. The molecule has 0 spiro atoms. The van der Waals surface area contributed by atoms with Gasteiger partial charge in [-0.1, -0.05) is 19.1 Å². The van der Waals surface area contributed by atoms with E-state index in [1.165, 1.54) is 0 Å². The number of aromatic nitrogens is 1. The van der Waals surface area contributed by atoms with Crippen molar-refractivity contribution in [2.75, 3.05) is 12.8 Å². The summed E-state index contributed by atoms with van der Waals surface area (Å²) in [5.74, 6) is 1.76. The van der Waals surface area contributed by atoms with Gasteiger partial charge < -0.3 is 10.1 Å². The van der Waals surface area contributed by atoms with E-state index in [1.807, 2.05) is 30.5 Å². The summed E-state index contributed by atoms with van der Waals surface area (Å²) in [4.78, 5) is 5.32. The van der Waals surface area contributed by atoms with Gasteiger partial charge in [0.1, 0.15) is 11.5 Å². The van der Waals surface area contributed by atoms with Crippen molar-refractivity contribution in [3.63, 3.8) is 0 Å². The SMILES string of the molecule is CCCNCc1cnccc1Oc1ccccc1SC. The van der Waals surface area contributed by atoms with Crippen molar-refractivity contribution in [3.05, 3.63) is 48.3 Å². The molecule has 0 atom stereocenters. The van der Waals surface area contributed by atoms with Crippen LogP contribution in [0.15, 0.2) is 47.6 Å². The number of rotatable bonds is 7. The van der Waals surface area contributed by atoms with Crippen molar-refractivity contribution in [3.8, 4) is 11.5 Å². The summed E-state index contributed by atoms with van der Waals surface area (Å²) in [5, 5.41) is 3.38. The Labute approximate surface area is 124 Å². The predicted octanol–water partition coefficient (Wildman–Crippen LogP) is 4.10. The highest BCUT2D eigenvalue weighted by Crippen LogP contribution is 2.32. The molecule has 1 aromatic carbocycles. The third-order valence-corrected chi connectivity index (χ3v) is 3.67. The zero-order chi connectivity index (χ0) is 14.2. The van der Waals surface area contributed by atoms with Crippen molar-refractivity contribution in [2.24, 2.45) is 0 Å². The van der Waals surface area contributed by atoms with E-state index in [0.717, 1.165) is 41.5 Å². The van der Waals surface area contributed by atoms with Gasteiger partial charge >= 0.3 is 0 Å². The highest BCUT2D eigenvalue weighted by atomic mass is 32.2. The lowest BCUT2D eigenvalue weighted by Gasteiger charge is -2.13. The first-order chi connectivity index (χ1) is 9.85. The quantitative estimate of drug-likeness (QED) is 0.614. The van der Waals surface area contributed by atoms with E-state index in [4.69, 9.17) is 4.74 Å². The number of thioether (sulfide) groups is 1. The lowest BCUT2D eigenvalue weighted by atomic mass is 10.2. The predicted molar refractivity (Wildman–Crippen MR) is 84.5 cm³/mol. The summed E-state index contributed by atoms with van der Waals surface area (Å²) in [6.07, 6.45) is 6.80. The number of nitrogens with one attached hydrogen (secondary N) is 1. The maximum atomic E-state index is 6.06. The van der Waals surface area contributed by atoms with Gasteiger partial charge in [-0.15, -0.1) is 11.8 Å². The van der Waals surface area contributed by atoms with E-state index in [2.05, 4.69) is 29.5 Å². The average molecular weight is 288 g/mol. The van der Waals surface area contributed by atoms with E-state index in [0.29, 0.717) is 0 Å². The lowest BCUT2D eigenvalue weighted by Crippen LogP contribution is -2.14. The van der Waals surface area contributed by atoms with Crippen molar-refractivity contribution < 1.29 is 4.74 Å². The number of benzene rings is 1. The van der Waals surface area contributed by atoms with Crippen LogP contribution in [0.1, 0.15) is 18.9 Å². The Bertz CT molecular complexity index is 546. The molecule has 3 nitrogen and oxygen atoms in total. The number of hydrogen-bond acceptors (Lipinski definition) is 4. The molecule has 0 radical (unpaired) electrons. The molecule has 0 amide bonds. The van der Waals surface area contributed by atoms with Crippen LogP contribution in [0.3, 0.4) is 0 Å². The number of pyridine rings is 1. The molecule has 1 heterocycles. The number of ether oxygens (including phenoxy) is 1. The van der Waals surface area contributed by atoms with Crippen molar-refractivity contribution in [2.45, 2.75) is 24.8 Å². The van der Waals surface area contributed by atoms with Gasteiger partial charge in [0.15, 0.2) is 0 Å². The Kier molecular flexibility index (Phi) is 5.89. The molecule has 106 valence electrons. The molecule has 20 heavy (non-hydrogen) atoms. The Hall–Kier alpha value is -1.52. The normalized spacial score (nSPS) is 10.5. The van der Waals surface area contributed by atoms with Crippen LogP contribution in [-0.2, 0) is 6.54 Å². The molecule has 0 saturated carbocycles. The van der Waals surface area contributed by atoms with Crippen LogP contribution < -0.4 is 10.1 Å². The molecule has 2 rings (SSSR count). The highest BCUT2D eigenvalue weighted by molar-refractivity contribution is 7.98. The van der Waals surface area contributed by atoms with Crippen molar-refractivity contribution in [1.82, 2.24) is 10.3 Å². The van der Waals surface area contributed by atoms with Crippen LogP contribution in [0.5, 0.6) is 11.5 Å². The van der Waals surface area contributed by atoms with Crippen LogP contribution in [-0.4, -0.2) is 17.8 Å². The van der Waals surface area contributed by atoms with Gasteiger partial charge in [0, 0.05) is 29.4 Å². The highest BCUT2D eigenvalue weighted by Gasteiger charge is 2.07. The minimum absolute atomic E-state index is 0.776. The standard InChI is InChI=1S/C16H20N2OS/c1-3-9-17-11-13-12-18-10-8-14(13)19-15-6-4-5-7-16(15)20-2/h4-8,10,12,17H,3,9,11H2,1-2H3. The van der Waals surface area contributed by atoms with Gasteiger partial charge in [-0.3, -0.25) is 4.98 Å². The summed E-state index contributed by atoms with van der Waals surface area (Å²) in [5.41, 5.74) is 1.08. The molecule has 0 unspecified atom stereocenters. The van der Waals surface area contributed by atoms with Gasteiger partial charge in [0.2, 0.25) is 0 Å². The van der Waals surface area contributed by atoms with Crippen LogP contribution in [0.2, 0.25) is 0 Å². The monoisotopic (exact) mass is 288 g/mol. The minimum Gasteiger partial charge on any atom is -0.456 e. The van der Waals surface area contributed by atoms with E-state index in [9.17, 15) is 0 Å². The first-order valence-corrected chi connectivity index (χ1v) is 8.02. The molecule has 0 aliphatic heterocycles. The Morgan fingerprint density at radius 3 is 2.85 bits per heavy atom. The molecule has 1 N–H and O–H groups in total. The van der Waals surface area contributed by atoms with E-state index in [-0.39, 0.29) is 0 Å². The van der Waals surface area contributed by atoms with Gasteiger partial charge in [-0.25, -0.2) is 0 Å². The summed E-state index contributed by atoms with van der Waals surface area (Å²) in [6.45, 7) is 3.93. The molecule has 2 aromatic rings. The van der Waals surface area contributed by atoms with Gasteiger partial charge in [-0.05, 0) is 37.4 Å². The molecule has 0 aliphatic carbocycles. The fraction of sp³-hybridized carbons (Fsp3) is 0.312. The molecular weight excluding hydrogens is 268 g/mol. The summed E-state index contributed by atoms with van der Waals surface area (Å²) >= 11 is 1.69. The molecule has 0 bridgehead atoms. The molecule has 1 aromatic heterocycles. The van der Waals surface area contributed by atoms with Crippen LogP contribution in [0.25, 0.3) is 0 Å². The van der Waals surface area contributed by atoms with E-state index in [1.54, 1.807) is 18.0 Å². The number of para-hydroxylation sites is 1. The third kappa shape index (κ3) is 3.99. The zero-order valence-corrected chi connectivity index (χ0v) is 12.7. The summed E-state index contributed by atoms with van der Waals surface area (Å²) in [6, 6.07) is 9.99. The Balaban J connectivity index is 2.16. The van der Waals surface area contributed by atoms with Crippen LogP contribution in [0, 0.1) is 0 Å². The van der Waals surface area contributed by atoms with E-state index >= 15 is 0 Å². The molecule has 0 fully saturated rings. The van der Waals surface area contributed by atoms with E-state index < -0.39 is 0 Å². The maximum Gasteiger partial charge on any atom is 0.140 e. The lowest BCUT2D eigenvalue weighted by molar-refractivity contribution is 0.461.